The van der Waals surface area contributed by atoms with Gasteiger partial charge < -0.3 is 14.4 Å². The second-order valence-electron chi connectivity index (χ2n) is 13.8. The number of amides is 2. The van der Waals surface area contributed by atoms with Crippen LogP contribution in [0.15, 0.2) is 54.6 Å². The number of likely N-dealkylation sites (tertiary alicyclic amines) is 1. The minimum atomic E-state index is -1.37. The van der Waals surface area contributed by atoms with Gasteiger partial charge in [-0.1, -0.05) is 73.2 Å². The molecule has 0 saturated carbocycles. The minimum Gasteiger partial charge on any atom is -0.459 e. The molecular formula is C33H42Cl2N2O5Si. The Hall–Kier alpha value is -2.65. The van der Waals surface area contributed by atoms with Crippen LogP contribution in [0.3, 0.4) is 0 Å². The highest BCUT2D eigenvalue weighted by Gasteiger charge is 2.65. The van der Waals surface area contributed by atoms with Gasteiger partial charge in [-0.3, -0.25) is 19.3 Å². The predicted octanol–water partition coefficient (Wildman–Crippen LogP) is 7.19. The number of rotatable bonds is 9. The number of carbonyl (C=O) groups is 3. The first-order valence-electron chi connectivity index (χ1n) is 14.6. The Morgan fingerprint density at radius 3 is 2.37 bits per heavy atom. The van der Waals surface area contributed by atoms with Gasteiger partial charge in [0.25, 0.3) is 0 Å². The van der Waals surface area contributed by atoms with Crippen LogP contribution < -0.4 is 4.90 Å². The zero-order valence-electron chi connectivity index (χ0n) is 26.1. The van der Waals surface area contributed by atoms with Crippen molar-refractivity contribution < 1.29 is 23.9 Å². The molecule has 2 aromatic rings. The highest BCUT2D eigenvalue weighted by molar-refractivity contribution is 6.76. The lowest BCUT2D eigenvalue weighted by atomic mass is 9.58. The third kappa shape index (κ3) is 6.87. The van der Waals surface area contributed by atoms with Crippen molar-refractivity contribution >= 4 is 54.7 Å². The molecule has 2 amide bonds. The summed E-state index contributed by atoms with van der Waals surface area (Å²) in [5.41, 5.74) is 0.575. The molecule has 1 fully saturated rings. The zero-order chi connectivity index (χ0) is 31.9. The van der Waals surface area contributed by atoms with Crippen molar-refractivity contribution in [3.05, 3.63) is 75.8 Å². The number of ether oxygens (including phenoxy) is 2. The van der Waals surface area contributed by atoms with Crippen molar-refractivity contribution in [2.75, 3.05) is 24.8 Å². The zero-order valence-corrected chi connectivity index (χ0v) is 28.6. The summed E-state index contributed by atoms with van der Waals surface area (Å²) in [5.74, 6) is -1.67. The molecule has 43 heavy (non-hydrogen) atoms. The monoisotopic (exact) mass is 644 g/mol. The largest absolute Gasteiger partial charge is 0.459 e. The number of hydrogen-bond donors (Lipinski definition) is 0. The van der Waals surface area contributed by atoms with Crippen LogP contribution in [-0.4, -0.2) is 62.3 Å². The molecule has 0 aromatic heterocycles. The number of hydrogen-bond acceptors (Lipinski definition) is 5. The van der Waals surface area contributed by atoms with Gasteiger partial charge in [-0.15, -0.1) is 0 Å². The minimum absolute atomic E-state index is 0.0228. The Morgan fingerprint density at radius 1 is 1.09 bits per heavy atom. The number of halogens is 2. The molecule has 1 saturated heterocycles. The standard InChI is InChI=1S/C33H42Cl2N2O5Si/c1-21(2)30-33(25-13-12-24(35)17-27(25)37(31(33)40)20-41-14-15-43(6,7)8)26(22-10-9-11-23(34)16-22)18-28(38)36(30)19-29(39)42-32(3,4)5/h9-13,16-17,26,30H,1,14-15,18-20H2,2-8H3/t26-,30-,33-/m0/s1. The molecule has 2 aromatic carbocycles. The van der Waals surface area contributed by atoms with Gasteiger partial charge in [-0.05, 0) is 69.1 Å². The van der Waals surface area contributed by atoms with Gasteiger partial charge in [0, 0.05) is 37.1 Å². The smallest absolute Gasteiger partial charge is 0.326 e. The first-order chi connectivity index (χ1) is 20.0. The fraction of sp³-hybridized carbons (Fsp3) is 0.485. The normalized spacial score (nSPS) is 22.3. The third-order valence-electron chi connectivity index (χ3n) is 7.94. The summed E-state index contributed by atoms with van der Waals surface area (Å²) in [6.45, 7) is 18.4. The maximum atomic E-state index is 15.1. The molecule has 3 atom stereocenters. The average Bonchev–Trinajstić information content (AvgIpc) is 3.09. The number of benzene rings is 2. The van der Waals surface area contributed by atoms with Crippen molar-refractivity contribution in [1.29, 1.82) is 0 Å². The Kier molecular flexibility index (Phi) is 9.58. The van der Waals surface area contributed by atoms with Crippen molar-refractivity contribution in [2.45, 2.75) is 82.8 Å². The van der Waals surface area contributed by atoms with Crippen molar-refractivity contribution in [2.24, 2.45) is 0 Å². The Labute approximate surface area is 266 Å². The second-order valence-corrected chi connectivity index (χ2v) is 20.3. The fourth-order valence-electron chi connectivity index (χ4n) is 6.27. The summed E-state index contributed by atoms with van der Waals surface area (Å²) >= 11 is 13.0. The van der Waals surface area contributed by atoms with Crippen LogP contribution in [0.25, 0.3) is 0 Å². The molecule has 0 bridgehead atoms. The molecule has 1 spiro atoms. The number of carbonyl (C=O) groups excluding carboxylic acids is 3. The molecular weight excluding hydrogens is 603 g/mol. The lowest BCUT2D eigenvalue weighted by molar-refractivity contribution is -0.163. The van der Waals surface area contributed by atoms with Crippen LogP contribution in [0.2, 0.25) is 35.7 Å². The lowest BCUT2D eigenvalue weighted by Crippen LogP contribution is -2.65. The van der Waals surface area contributed by atoms with Crippen LogP contribution in [0.4, 0.5) is 5.69 Å². The van der Waals surface area contributed by atoms with E-state index in [0.29, 0.717) is 33.5 Å². The highest BCUT2D eigenvalue weighted by Crippen LogP contribution is 2.58. The van der Waals surface area contributed by atoms with Gasteiger partial charge in [0.15, 0.2) is 0 Å². The van der Waals surface area contributed by atoms with E-state index < -0.39 is 37.0 Å². The SMILES string of the molecule is C=C(C)[C@@H]1N(CC(=O)OC(C)(C)C)C(=O)C[C@@H](c2cccc(Cl)c2)[C@]12C(=O)N(COCC[Si](C)(C)C)c1cc(Cl)ccc12. The van der Waals surface area contributed by atoms with Crippen molar-refractivity contribution in [3.63, 3.8) is 0 Å². The van der Waals surface area contributed by atoms with E-state index in [1.807, 2.05) is 18.2 Å². The summed E-state index contributed by atoms with van der Waals surface area (Å²) in [6, 6.07) is 12.7. The van der Waals surface area contributed by atoms with E-state index in [1.165, 1.54) is 4.90 Å². The van der Waals surface area contributed by atoms with Crippen LogP contribution in [0.5, 0.6) is 0 Å². The molecule has 0 radical (unpaired) electrons. The molecule has 0 unspecified atom stereocenters. The Morgan fingerprint density at radius 2 is 1.77 bits per heavy atom. The maximum absolute atomic E-state index is 15.1. The molecule has 10 heteroatoms. The molecule has 4 rings (SSSR count). The second kappa shape index (κ2) is 12.4. The van der Waals surface area contributed by atoms with E-state index in [0.717, 1.165) is 11.6 Å². The van der Waals surface area contributed by atoms with E-state index >= 15 is 4.79 Å². The van der Waals surface area contributed by atoms with Gasteiger partial charge in [-0.25, -0.2) is 0 Å². The van der Waals surface area contributed by atoms with Gasteiger partial charge in [-0.2, -0.15) is 0 Å². The lowest BCUT2D eigenvalue weighted by Gasteiger charge is -2.51. The van der Waals surface area contributed by atoms with Crippen molar-refractivity contribution in [3.8, 4) is 0 Å². The number of esters is 1. The van der Waals surface area contributed by atoms with E-state index in [-0.39, 0.29) is 31.5 Å². The van der Waals surface area contributed by atoms with E-state index in [9.17, 15) is 9.59 Å². The van der Waals surface area contributed by atoms with Gasteiger partial charge in [0.2, 0.25) is 11.8 Å². The molecule has 7 nitrogen and oxygen atoms in total. The summed E-state index contributed by atoms with van der Waals surface area (Å²) in [7, 11) is -1.37. The number of nitrogens with zero attached hydrogens (tertiary/aromatic N) is 2. The van der Waals surface area contributed by atoms with Crippen LogP contribution in [0.1, 0.15) is 51.2 Å². The fourth-order valence-corrected chi connectivity index (χ4v) is 7.40. The first kappa shape index (κ1) is 33.2. The number of anilines is 1. The van der Waals surface area contributed by atoms with E-state index in [2.05, 4.69) is 26.2 Å². The van der Waals surface area contributed by atoms with Gasteiger partial charge in [0.05, 0.1) is 11.7 Å². The average molecular weight is 646 g/mol. The summed E-state index contributed by atoms with van der Waals surface area (Å²) in [6.07, 6.45) is -0.0228. The number of piperidine rings is 1. The van der Waals surface area contributed by atoms with E-state index in [4.69, 9.17) is 32.7 Å². The molecule has 0 N–H and O–H groups in total. The van der Waals surface area contributed by atoms with Gasteiger partial charge >= 0.3 is 5.97 Å². The molecule has 2 aliphatic heterocycles. The summed E-state index contributed by atoms with van der Waals surface area (Å²) in [5, 5.41) is 0.968. The summed E-state index contributed by atoms with van der Waals surface area (Å²) < 4.78 is 11.7. The quantitative estimate of drug-likeness (QED) is 0.125. The highest BCUT2D eigenvalue weighted by atomic mass is 35.5. The molecule has 2 heterocycles. The van der Waals surface area contributed by atoms with Crippen molar-refractivity contribution in [1.82, 2.24) is 4.90 Å². The van der Waals surface area contributed by atoms with Gasteiger partial charge in [0.1, 0.15) is 24.3 Å². The molecule has 2 aliphatic rings. The van der Waals surface area contributed by atoms with Crippen LogP contribution in [-0.2, 0) is 29.3 Å². The topological polar surface area (TPSA) is 76.2 Å². The Balaban J connectivity index is 1.90. The third-order valence-corrected chi connectivity index (χ3v) is 10.1. The van der Waals surface area contributed by atoms with Crippen LogP contribution in [0, 0.1) is 0 Å². The number of fused-ring (bicyclic) bond motifs is 2. The molecule has 0 aliphatic carbocycles. The van der Waals surface area contributed by atoms with E-state index in [1.54, 1.807) is 56.9 Å². The molecule has 232 valence electrons. The maximum Gasteiger partial charge on any atom is 0.326 e. The Bertz CT molecular complexity index is 1430. The predicted molar refractivity (Wildman–Crippen MR) is 175 cm³/mol. The first-order valence-corrected chi connectivity index (χ1v) is 19.0. The van der Waals surface area contributed by atoms with Crippen LogP contribution >= 0.6 is 23.2 Å². The summed E-state index contributed by atoms with van der Waals surface area (Å²) in [4.78, 5) is 45.3.